The topological polar surface area (TPSA) is 61.9 Å². The van der Waals surface area contributed by atoms with Crippen LogP contribution in [0.1, 0.15) is 5.82 Å². The summed E-state index contributed by atoms with van der Waals surface area (Å²) in [6.45, 7) is 1.85. The highest BCUT2D eigenvalue weighted by Gasteiger charge is 2.18. The predicted molar refractivity (Wildman–Crippen MR) is 129 cm³/mol. The number of aromatic nitrogens is 4. The van der Waals surface area contributed by atoms with Crippen LogP contribution >= 0.6 is 11.6 Å². The van der Waals surface area contributed by atoms with Crippen molar-refractivity contribution in [2.45, 2.75) is 6.92 Å². The molecule has 0 bridgehead atoms. The highest BCUT2D eigenvalue weighted by molar-refractivity contribution is 6.30. The molecule has 2 heterocycles. The molecule has 7 heteroatoms. The van der Waals surface area contributed by atoms with Gasteiger partial charge in [-0.05, 0) is 54.4 Å². The van der Waals surface area contributed by atoms with E-state index in [0.29, 0.717) is 28.0 Å². The molecule has 162 valence electrons. The van der Waals surface area contributed by atoms with E-state index in [4.69, 9.17) is 16.3 Å². The Morgan fingerprint density at radius 2 is 1.58 bits per heavy atom. The lowest BCUT2D eigenvalue weighted by Crippen LogP contribution is -2.24. The number of benzene rings is 3. The number of imidazole rings is 1. The Morgan fingerprint density at radius 3 is 2.24 bits per heavy atom. The van der Waals surface area contributed by atoms with Crippen molar-refractivity contribution >= 4 is 11.6 Å². The minimum atomic E-state index is -0.393. The summed E-state index contributed by atoms with van der Waals surface area (Å²) in [5.41, 5.74) is 2.86. The number of ether oxygens (including phenoxy) is 1. The summed E-state index contributed by atoms with van der Waals surface area (Å²) in [6, 6.07) is 24.6. The van der Waals surface area contributed by atoms with E-state index < -0.39 is 5.56 Å². The number of nitrogens with zero attached hydrogens (tertiary/aromatic N) is 4. The molecule has 6 nitrogen and oxygen atoms in total. The monoisotopic (exact) mass is 454 g/mol. The summed E-state index contributed by atoms with van der Waals surface area (Å²) in [7, 11) is 0. The lowest BCUT2D eigenvalue weighted by atomic mass is 10.1. The second-order valence-corrected chi connectivity index (χ2v) is 7.83. The van der Waals surface area contributed by atoms with E-state index in [1.54, 1.807) is 47.4 Å². The fraction of sp³-hybridized carbons (Fsp3) is 0.0385. The first-order chi connectivity index (χ1) is 16.1. The van der Waals surface area contributed by atoms with E-state index in [1.807, 2.05) is 61.5 Å². The molecule has 0 fully saturated rings. The SMILES string of the molecule is Cc1nccn1-c1cnn(-c2ccc(Cl)cc2)c(=O)c1Oc1ccc(-c2ccccc2)cc1. The summed E-state index contributed by atoms with van der Waals surface area (Å²) < 4.78 is 9.21. The number of halogens is 1. The van der Waals surface area contributed by atoms with Crippen LogP contribution in [0.2, 0.25) is 5.02 Å². The lowest BCUT2D eigenvalue weighted by molar-refractivity contribution is 0.464. The van der Waals surface area contributed by atoms with Crippen molar-refractivity contribution in [2.75, 3.05) is 0 Å². The van der Waals surface area contributed by atoms with Crippen LogP contribution in [-0.4, -0.2) is 19.3 Å². The van der Waals surface area contributed by atoms with Crippen molar-refractivity contribution in [3.63, 3.8) is 0 Å². The second-order valence-electron chi connectivity index (χ2n) is 7.39. The van der Waals surface area contributed by atoms with Gasteiger partial charge in [-0.15, -0.1) is 0 Å². The highest BCUT2D eigenvalue weighted by atomic mass is 35.5. The van der Waals surface area contributed by atoms with Gasteiger partial charge in [0.25, 0.3) is 0 Å². The first-order valence-corrected chi connectivity index (χ1v) is 10.7. The molecule has 33 heavy (non-hydrogen) atoms. The van der Waals surface area contributed by atoms with Crippen LogP contribution in [0.5, 0.6) is 11.5 Å². The van der Waals surface area contributed by atoms with Crippen LogP contribution in [0.4, 0.5) is 0 Å². The summed E-state index contributed by atoms with van der Waals surface area (Å²) >= 11 is 6.00. The summed E-state index contributed by atoms with van der Waals surface area (Å²) in [5, 5.41) is 4.94. The van der Waals surface area contributed by atoms with Crippen LogP contribution in [-0.2, 0) is 0 Å². The molecule has 0 unspecified atom stereocenters. The highest BCUT2D eigenvalue weighted by Crippen LogP contribution is 2.28. The van der Waals surface area contributed by atoms with E-state index in [0.717, 1.165) is 11.1 Å². The normalized spacial score (nSPS) is 10.8. The van der Waals surface area contributed by atoms with Gasteiger partial charge in [0, 0.05) is 17.4 Å². The third-order valence-corrected chi connectivity index (χ3v) is 5.50. The Balaban J connectivity index is 1.58. The molecule has 0 aliphatic heterocycles. The van der Waals surface area contributed by atoms with Crippen molar-refractivity contribution in [3.8, 4) is 34.0 Å². The Morgan fingerprint density at radius 1 is 0.879 bits per heavy atom. The smallest absolute Gasteiger partial charge is 0.316 e. The Hall–Kier alpha value is -4.16. The van der Waals surface area contributed by atoms with E-state index in [1.165, 1.54) is 4.68 Å². The van der Waals surface area contributed by atoms with Gasteiger partial charge < -0.3 is 4.74 Å². The Kier molecular flexibility index (Phi) is 5.50. The van der Waals surface area contributed by atoms with Crippen LogP contribution in [0, 0.1) is 6.92 Å². The molecule has 0 N–H and O–H groups in total. The predicted octanol–water partition coefficient (Wildman–Crippen LogP) is 5.84. The van der Waals surface area contributed by atoms with Crippen molar-refractivity contribution in [2.24, 2.45) is 0 Å². The molecule has 0 aliphatic rings. The summed E-state index contributed by atoms with van der Waals surface area (Å²) in [5.74, 6) is 1.40. The van der Waals surface area contributed by atoms with Crippen molar-refractivity contribution in [1.29, 1.82) is 0 Å². The zero-order chi connectivity index (χ0) is 22.8. The first kappa shape index (κ1) is 20.7. The van der Waals surface area contributed by atoms with Gasteiger partial charge in [-0.3, -0.25) is 9.36 Å². The van der Waals surface area contributed by atoms with Crippen molar-refractivity contribution in [1.82, 2.24) is 19.3 Å². The maximum Gasteiger partial charge on any atom is 0.316 e. The Bertz CT molecular complexity index is 1460. The number of hydrogen-bond donors (Lipinski definition) is 0. The van der Waals surface area contributed by atoms with Crippen molar-refractivity contribution < 1.29 is 4.74 Å². The maximum absolute atomic E-state index is 13.5. The third kappa shape index (κ3) is 4.16. The minimum Gasteiger partial charge on any atom is -0.449 e. The number of rotatable bonds is 5. The third-order valence-electron chi connectivity index (χ3n) is 5.25. The van der Waals surface area contributed by atoms with Crippen LogP contribution in [0.25, 0.3) is 22.5 Å². The fourth-order valence-electron chi connectivity index (χ4n) is 3.56. The first-order valence-electron chi connectivity index (χ1n) is 10.3. The van der Waals surface area contributed by atoms with Gasteiger partial charge >= 0.3 is 5.56 Å². The molecule has 0 spiro atoms. The minimum absolute atomic E-state index is 0.147. The van der Waals surface area contributed by atoms with Crippen LogP contribution < -0.4 is 10.3 Å². The van der Waals surface area contributed by atoms with Gasteiger partial charge in [-0.1, -0.05) is 54.1 Å². The average Bonchev–Trinajstić information content (AvgIpc) is 3.27. The molecule has 0 radical (unpaired) electrons. The standard InChI is InChI=1S/C26H19ClN4O2/c1-18-28-15-16-30(18)24-17-29-31(22-11-9-21(27)10-12-22)26(32)25(24)33-23-13-7-20(8-14-23)19-5-3-2-4-6-19/h2-17H,1H3. The molecule has 3 aromatic carbocycles. The summed E-state index contributed by atoms with van der Waals surface area (Å²) in [4.78, 5) is 17.7. The molecule has 0 amide bonds. The summed E-state index contributed by atoms with van der Waals surface area (Å²) in [6.07, 6.45) is 5.03. The molecule has 0 saturated carbocycles. The van der Waals surface area contributed by atoms with E-state index >= 15 is 0 Å². The molecule has 2 aromatic heterocycles. The van der Waals surface area contributed by atoms with E-state index in [2.05, 4.69) is 10.1 Å². The quantitative estimate of drug-likeness (QED) is 0.334. The Labute approximate surface area is 195 Å². The molecular weight excluding hydrogens is 436 g/mol. The van der Waals surface area contributed by atoms with Gasteiger partial charge in [-0.2, -0.15) is 9.78 Å². The van der Waals surface area contributed by atoms with Crippen molar-refractivity contribution in [3.05, 3.63) is 119 Å². The maximum atomic E-state index is 13.5. The second kappa shape index (κ2) is 8.76. The van der Waals surface area contributed by atoms with Crippen LogP contribution in [0.3, 0.4) is 0 Å². The zero-order valence-corrected chi connectivity index (χ0v) is 18.5. The lowest BCUT2D eigenvalue weighted by Gasteiger charge is -2.14. The van der Waals surface area contributed by atoms with Crippen LogP contribution in [0.15, 0.2) is 102 Å². The molecule has 0 saturated heterocycles. The molecule has 5 aromatic rings. The fourth-order valence-corrected chi connectivity index (χ4v) is 3.69. The number of aryl methyl sites for hydroxylation is 1. The molecular formula is C26H19ClN4O2. The van der Waals surface area contributed by atoms with Gasteiger partial charge in [0.1, 0.15) is 17.3 Å². The van der Waals surface area contributed by atoms with E-state index in [-0.39, 0.29) is 5.75 Å². The molecule has 5 rings (SSSR count). The number of hydrogen-bond acceptors (Lipinski definition) is 4. The van der Waals surface area contributed by atoms with Gasteiger partial charge in [0.15, 0.2) is 0 Å². The molecule has 0 atom stereocenters. The van der Waals surface area contributed by atoms with Gasteiger partial charge in [0.2, 0.25) is 5.75 Å². The van der Waals surface area contributed by atoms with Gasteiger partial charge in [0.05, 0.1) is 11.9 Å². The largest absolute Gasteiger partial charge is 0.449 e. The average molecular weight is 455 g/mol. The molecule has 0 aliphatic carbocycles. The van der Waals surface area contributed by atoms with E-state index in [9.17, 15) is 4.79 Å². The van der Waals surface area contributed by atoms with Gasteiger partial charge in [-0.25, -0.2) is 4.98 Å². The zero-order valence-electron chi connectivity index (χ0n) is 17.7.